The number of amides is 1. The topological polar surface area (TPSA) is 68.3 Å². The lowest BCUT2D eigenvalue weighted by atomic mass is 10.0. The highest BCUT2D eigenvalue weighted by atomic mass is 35.5. The van der Waals surface area contributed by atoms with Gasteiger partial charge < -0.3 is 10.1 Å². The Morgan fingerprint density at radius 2 is 1.69 bits per heavy atom. The number of nitrogens with one attached hydrogen (secondary N) is 1. The van der Waals surface area contributed by atoms with Gasteiger partial charge in [0, 0.05) is 21.0 Å². The number of aromatic nitrogens is 1. The number of para-hydroxylation sites is 1. The van der Waals surface area contributed by atoms with Gasteiger partial charge in [0.1, 0.15) is 11.5 Å². The van der Waals surface area contributed by atoms with E-state index < -0.39 is 5.97 Å². The first kappa shape index (κ1) is 23.0. The van der Waals surface area contributed by atoms with Crippen LogP contribution >= 0.6 is 22.9 Å². The van der Waals surface area contributed by atoms with Gasteiger partial charge in [-0.3, -0.25) is 4.79 Å². The van der Waals surface area contributed by atoms with Gasteiger partial charge in [-0.1, -0.05) is 77.8 Å². The van der Waals surface area contributed by atoms with Crippen molar-refractivity contribution in [2.75, 3.05) is 13.2 Å². The molecule has 2 heterocycles. The summed E-state index contributed by atoms with van der Waals surface area (Å²) in [6.45, 7) is 2.22. The minimum atomic E-state index is -0.467. The van der Waals surface area contributed by atoms with Gasteiger partial charge in [0.2, 0.25) is 0 Å². The number of hydrogen-bond donors (Lipinski definition) is 1. The van der Waals surface area contributed by atoms with Crippen molar-refractivity contribution in [3.05, 3.63) is 99.9 Å². The van der Waals surface area contributed by atoms with Crippen LogP contribution in [0.25, 0.3) is 32.2 Å². The molecule has 1 amide bonds. The molecular weight excluding hydrogens is 480 g/mol. The Balaban J connectivity index is 1.29. The number of esters is 1. The lowest BCUT2D eigenvalue weighted by Crippen LogP contribution is -2.27. The lowest BCUT2D eigenvalue weighted by molar-refractivity contribution is 0.0505. The summed E-state index contributed by atoms with van der Waals surface area (Å²) in [5, 5.41) is 4.79. The molecule has 0 aliphatic heterocycles. The van der Waals surface area contributed by atoms with E-state index in [1.807, 2.05) is 79.7 Å². The zero-order valence-electron chi connectivity index (χ0n) is 18.9. The first-order chi connectivity index (χ1) is 17.0. The van der Waals surface area contributed by atoms with Gasteiger partial charge in [0.25, 0.3) is 5.91 Å². The molecule has 0 fully saturated rings. The predicted molar refractivity (Wildman–Crippen MR) is 141 cm³/mol. The molecule has 7 heteroatoms. The second-order valence-corrected chi connectivity index (χ2v) is 9.50. The predicted octanol–water partition coefficient (Wildman–Crippen LogP) is 6.67. The summed E-state index contributed by atoms with van der Waals surface area (Å²) < 4.78 is 6.46. The molecule has 3 aromatic carbocycles. The van der Waals surface area contributed by atoms with E-state index in [1.165, 1.54) is 11.3 Å². The van der Waals surface area contributed by atoms with E-state index in [4.69, 9.17) is 21.3 Å². The van der Waals surface area contributed by atoms with Crippen LogP contribution in [0, 0.1) is 6.92 Å². The van der Waals surface area contributed by atoms with Crippen LogP contribution < -0.4 is 5.32 Å². The van der Waals surface area contributed by atoms with Gasteiger partial charge in [-0.05, 0) is 25.1 Å². The van der Waals surface area contributed by atoms with E-state index in [1.54, 1.807) is 6.07 Å². The molecular formula is C28H21ClN2O3S. The number of benzene rings is 3. The highest BCUT2D eigenvalue weighted by Crippen LogP contribution is 2.35. The van der Waals surface area contributed by atoms with Gasteiger partial charge in [0.05, 0.1) is 28.3 Å². The standard InChI is InChI=1S/C28H21ClN2O3S/c1-17-10-12-18(13-11-17)23-16-21(19-6-2-4-8-22(19)31-23)28(33)34-15-14-30-27(32)26-25(29)20-7-3-5-9-24(20)35-26/h2-13,16H,14-15H2,1H3,(H,30,32). The van der Waals surface area contributed by atoms with Gasteiger partial charge in [-0.25, -0.2) is 9.78 Å². The van der Waals surface area contributed by atoms with Gasteiger partial charge in [0.15, 0.2) is 0 Å². The van der Waals surface area contributed by atoms with Crippen LogP contribution in [0.15, 0.2) is 78.9 Å². The highest BCUT2D eigenvalue weighted by Gasteiger charge is 2.18. The number of hydrogen-bond acceptors (Lipinski definition) is 5. The molecule has 0 saturated heterocycles. The van der Waals surface area contributed by atoms with Crippen molar-refractivity contribution < 1.29 is 14.3 Å². The number of nitrogens with zero attached hydrogens (tertiary/aromatic N) is 1. The molecule has 0 spiro atoms. The quantitative estimate of drug-likeness (QED) is 0.209. The van der Waals surface area contributed by atoms with E-state index in [0.29, 0.717) is 26.7 Å². The van der Waals surface area contributed by atoms with Crippen LogP contribution in [0.5, 0.6) is 0 Å². The highest BCUT2D eigenvalue weighted by molar-refractivity contribution is 7.21. The summed E-state index contributed by atoms with van der Waals surface area (Å²) in [4.78, 5) is 30.8. The molecule has 0 saturated carbocycles. The summed E-state index contributed by atoms with van der Waals surface area (Å²) >= 11 is 7.72. The Bertz CT molecular complexity index is 1560. The third kappa shape index (κ3) is 4.76. The van der Waals surface area contributed by atoms with E-state index >= 15 is 0 Å². The zero-order chi connectivity index (χ0) is 24.4. The van der Waals surface area contributed by atoms with Crippen LogP contribution in [-0.2, 0) is 4.74 Å². The Labute approximate surface area is 211 Å². The number of carbonyl (C=O) groups excluding carboxylic acids is 2. The minimum Gasteiger partial charge on any atom is -0.460 e. The number of aryl methyl sites for hydroxylation is 1. The Morgan fingerprint density at radius 3 is 2.46 bits per heavy atom. The van der Waals surface area contributed by atoms with Crippen LogP contribution in [0.4, 0.5) is 0 Å². The molecule has 5 nitrogen and oxygen atoms in total. The maximum absolute atomic E-state index is 13.0. The van der Waals surface area contributed by atoms with Crippen molar-refractivity contribution in [2.24, 2.45) is 0 Å². The first-order valence-electron chi connectivity index (χ1n) is 11.1. The first-order valence-corrected chi connectivity index (χ1v) is 12.3. The summed E-state index contributed by atoms with van der Waals surface area (Å²) in [6.07, 6.45) is 0. The average Bonchev–Trinajstić information content (AvgIpc) is 3.22. The molecule has 0 unspecified atom stereocenters. The molecule has 0 bridgehead atoms. The lowest BCUT2D eigenvalue weighted by Gasteiger charge is -2.11. The van der Waals surface area contributed by atoms with Crippen molar-refractivity contribution in [3.8, 4) is 11.3 Å². The van der Waals surface area contributed by atoms with Crippen molar-refractivity contribution in [2.45, 2.75) is 6.92 Å². The average molecular weight is 501 g/mol. The normalized spacial score (nSPS) is 11.0. The van der Waals surface area contributed by atoms with E-state index in [9.17, 15) is 9.59 Å². The van der Waals surface area contributed by atoms with Gasteiger partial charge >= 0.3 is 5.97 Å². The largest absolute Gasteiger partial charge is 0.460 e. The molecule has 0 aliphatic carbocycles. The number of pyridine rings is 1. The Morgan fingerprint density at radius 1 is 0.971 bits per heavy atom. The van der Waals surface area contributed by atoms with Gasteiger partial charge in [-0.2, -0.15) is 0 Å². The third-order valence-electron chi connectivity index (χ3n) is 5.65. The van der Waals surface area contributed by atoms with E-state index in [-0.39, 0.29) is 19.1 Å². The second kappa shape index (κ2) is 9.86. The number of fused-ring (bicyclic) bond motifs is 2. The Hall–Kier alpha value is -3.74. The van der Waals surface area contributed by atoms with Crippen LogP contribution in [0.3, 0.4) is 0 Å². The molecule has 35 heavy (non-hydrogen) atoms. The van der Waals surface area contributed by atoms with E-state index in [2.05, 4.69) is 5.32 Å². The number of rotatable bonds is 6. The summed E-state index contributed by atoms with van der Waals surface area (Å²) in [7, 11) is 0. The molecule has 5 rings (SSSR count). The number of ether oxygens (including phenoxy) is 1. The summed E-state index contributed by atoms with van der Waals surface area (Å²) in [5.74, 6) is -0.755. The smallest absolute Gasteiger partial charge is 0.338 e. The Kier molecular flexibility index (Phi) is 6.49. The van der Waals surface area contributed by atoms with Crippen molar-refractivity contribution in [1.82, 2.24) is 10.3 Å². The number of carbonyl (C=O) groups is 2. The fourth-order valence-electron chi connectivity index (χ4n) is 3.84. The number of thiophene rings is 1. The monoisotopic (exact) mass is 500 g/mol. The molecule has 0 aliphatic rings. The summed E-state index contributed by atoms with van der Waals surface area (Å²) in [6, 6.07) is 24.8. The second-order valence-electron chi connectivity index (χ2n) is 8.07. The van der Waals surface area contributed by atoms with Crippen LogP contribution in [0.2, 0.25) is 5.02 Å². The fourth-order valence-corrected chi connectivity index (χ4v) is 5.28. The maximum atomic E-state index is 13.0. The fraction of sp³-hybridized carbons (Fsp3) is 0.107. The SMILES string of the molecule is Cc1ccc(-c2cc(C(=O)OCCNC(=O)c3sc4ccccc4c3Cl)c3ccccc3n2)cc1. The van der Waals surface area contributed by atoms with Crippen LogP contribution in [-0.4, -0.2) is 30.0 Å². The van der Waals surface area contributed by atoms with Crippen LogP contribution in [0.1, 0.15) is 25.6 Å². The van der Waals surface area contributed by atoms with Crippen molar-refractivity contribution in [3.63, 3.8) is 0 Å². The molecule has 2 aromatic heterocycles. The molecule has 0 atom stereocenters. The van der Waals surface area contributed by atoms with E-state index in [0.717, 1.165) is 26.6 Å². The number of halogens is 1. The van der Waals surface area contributed by atoms with Gasteiger partial charge in [-0.15, -0.1) is 11.3 Å². The third-order valence-corrected chi connectivity index (χ3v) is 7.32. The summed E-state index contributed by atoms with van der Waals surface area (Å²) in [5.41, 5.74) is 3.91. The molecule has 5 aromatic rings. The zero-order valence-corrected chi connectivity index (χ0v) is 20.5. The maximum Gasteiger partial charge on any atom is 0.338 e. The van der Waals surface area contributed by atoms with Crippen molar-refractivity contribution >= 4 is 55.8 Å². The molecule has 1 N–H and O–H groups in total. The molecule has 0 radical (unpaired) electrons. The minimum absolute atomic E-state index is 0.0314. The molecule has 174 valence electrons. The van der Waals surface area contributed by atoms with Crippen molar-refractivity contribution in [1.29, 1.82) is 0 Å².